The van der Waals surface area contributed by atoms with E-state index in [4.69, 9.17) is 24.7 Å². The van der Waals surface area contributed by atoms with Crippen LogP contribution in [0, 0.1) is 0 Å². The number of primary amides is 1. The van der Waals surface area contributed by atoms with E-state index in [0.29, 0.717) is 35.7 Å². The predicted molar refractivity (Wildman–Crippen MR) is 176 cm³/mol. The topological polar surface area (TPSA) is 219 Å². The van der Waals surface area contributed by atoms with Gasteiger partial charge in [-0.1, -0.05) is 0 Å². The van der Waals surface area contributed by atoms with Gasteiger partial charge < -0.3 is 55.3 Å². The Kier molecular flexibility index (Phi) is 12.7. The monoisotopic (exact) mass is 693 g/mol. The van der Waals surface area contributed by atoms with Gasteiger partial charge in [0.1, 0.15) is 29.3 Å². The lowest BCUT2D eigenvalue weighted by Gasteiger charge is -2.41. The first-order valence-corrected chi connectivity index (χ1v) is 16.3. The summed E-state index contributed by atoms with van der Waals surface area (Å²) < 4.78 is 21.8. The van der Waals surface area contributed by atoms with Crippen molar-refractivity contribution in [3.8, 4) is 17.2 Å². The second-order valence-corrected chi connectivity index (χ2v) is 13.5. The fourth-order valence-corrected chi connectivity index (χ4v) is 6.45. The number of hydrogen-bond acceptors (Lipinski definition) is 11. The second-order valence-electron chi connectivity index (χ2n) is 13.5. The number of methoxy groups -OCH3 is 3. The van der Waals surface area contributed by atoms with Gasteiger partial charge in [0.15, 0.2) is 11.5 Å². The molecule has 3 rings (SSSR count). The normalized spacial score (nSPS) is 21.6. The molecule has 16 nitrogen and oxygen atoms in total. The van der Waals surface area contributed by atoms with Crippen molar-refractivity contribution < 1.29 is 53.1 Å². The molecule has 6 N–H and O–H groups in total. The zero-order chi connectivity index (χ0) is 36.8. The first kappa shape index (κ1) is 39.1. The first-order chi connectivity index (χ1) is 22.9. The summed E-state index contributed by atoms with van der Waals surface area (Å²) >= 11 is 0. The summed E-state index contributed by atoms with van der Waals surface area (Å²) in [7, 11) is 4.34. The summed E-state index contributed by atoms with van der Waals surface area (Å²) in [6, 6.07) is -0.575. The van der Waals surface area contributed by atoms with Crippen molar-refractivity contribution in [1.29, 1.82) is 0 Å². The van der Waals surface area contributed by atoms with Crippen molar-refractivity contribution in [2.45, 2.75) is 108 Å². The third-order valence-electron chi connectivity index (χ3n) is 8.72. The fourth-order valence-electron chi connectivity index (χ4n) is 6.45. The number of amides is 5. The van der Waals surface area contributed by atoms with Crippen LogP contribution in [0.4, 0.5) is 4.79 Å². The van der Waals surface area contributed by atoms with Crippen LogP contribution in [-0.4, -0.2) is 126 Å². The SMILES string of the molecule is COc1cc(CC2(C(=O)N[C@H](C(N)=O)[C@@H](C)O)CCCN2C(=O)[C@@H]2CCCN2C(=O)[C@@H](NC(=O)OC(C)(C)C)[C@@H](C)O)cc(OC)c1OC. The van der Waals surface area contributed by atoms with Crippen LogP contribution in [0.15, 0.2) is 12.1 Å². The summed E-state index contributed by atoms with van der Waals surface area (Å²) in [5.74, 6) is -1.94. The molecule has 274 valence electrons. The van der Waals surface area contributed by atoms with Crippen molar-refractivity contribution in [1.82, 2.24) is 20.4 Å². The summed E-state index contributed by atoms with van der Waals surface area (Å²) in [4.78, 5) is 70.2. The van der Waals surface area contributed by atoms with Crippen molar-refractivity contribution in [2.75, 3.05) is 34.4 Å². The number of nitrogens with zero attached hydrogens (tertiary/aromatic N) is 2. The second kappa shape index (κ2) is 15.9. The zero-order valence-electron chi connectivity index (χ0n) is 29.5. The Hall–Kier alpha value is -4.31. The van der Waals surface area contributed by atoms with Crippen LogP contribution < -0.4 is 30.6 Å². The molecule has 0 saturated carbocycles. The third-order valence-corrected chi connectivity index (χ3v) is 8.72. The molecular weight excluding hydrogens is 642 g/mol. The van der Waals surface area contributed by atoms with Gasteiger partial charge in [0.2, 0.25) is 29.4 Å². The number of nitrogens with two attached hydrogens (primary N) is 1. The van der Waals surface area contributed by atoms with Gasteiger partial charge >= 0.3 is 6.09 Å². The van der Waals surface area contributed by atoms with Gasteiger partial charge in [-0.05, 0) is 78.0 Å². The number of alkyl carbamates (subject to hydrolysis) is 1. The van der Waals surface area contributed by atoms with Crippen LogP contribution in [0.5, 0.6) is 17.2 Å². The van der Waals surface area contributed by atoms with Crippen molar-refractivity contribution >= 4 is 29.7 Å². The van der Waals surface area contributed by atoms with E-state index in [0.717, 1.165) is 0 Å². The van der Waals surface area contributed by atoms with E-state index >= 15 is 0 Å². The Labute approximate surface area is 286 Å². The lowest BCUT2D eigenvalue weighted by atomic mass is 9.85. The molecule has 0 aliphatic carbocycles. The molecule has 0 radical (unpaired) electrons. The van der Waals surface area contributed by atoms with Crippen LogP contribution >= 0.6 is 0 Å². The molecule has 2 fully saturated rings. The first-order valence-electron chi connectivity index (χ1n) is 16.3. The Bertz CT molecular complexity index is 1370. The lowest BCUT2D eigenvalue weighted by Crippen LogP contribution is -2.65. The number of benzene rings is 1. The van der Waals surface area contributed by atoms with Crippen LogP contribution in [0.3, 0.4) is 0 Å². The highest BCUT2D eigenvalue weighted by Gasteiger charge is 2.53. The van der Waals surface area contributed by atoms with Crippen LogP contribution in [0.25, 0.3) is 0 Å². The van der Waals surface area contributed by atoms with Gasteiger partial charge in [0, 0.05) is 19.5 Å². The summed E-state index contributed by atoms with van der Waals surface area (Å²) in [6.07, 6.45) is -2.34. The minimum Gasteiger partial charge on any atom is -0.493 e. The molecule has 2 aliphatic heterocycles. The number of nitrogens with one attached hydrogen (secondary N) is 2. The van der Waals surface area contributed by atoms with E-state index in [2.05, 4.69) is 10.6 Å². The average molecular weight is 694 g/mol. The molecule has 1 aromatic rings. The molecule has 2 saturated heterocycles. The number of likely N-dealkylation sites (tertiary alicyclic amines) is 2. The minimum absolute atomic E-state index is 0.0657. The molecule has 0 spiro atoms. The number of carbonyl (C=O) groups is 5. The van der Waals surface area contributed by atoms with Gasteiger partial charge in [-0.2, -0.15) is 0 Å². The number of ether oxygens (including phenoxy) is 4. The Morgan fingerprint density at radius 1 is 0.939 bits per heavy atom. The fraction of sp³-hybridized carbons (Fsp3) is 0.667. The molecular formula is C33H51N5O11. The van der Waals surface area contributed by atoms with Crippen LogP contribution in [0.2, 0.25) is 0 Å². The molecule has 0 aromatic heterocycles. The quantitative estimate of drug-likeness (QED) is 0.188. The van der Waals surface area contributed by atoms with Crippen molar-refractivity contribution in [3.63, 3.8) is 0 Å². The van der Waals surface area contributed by atoms with E-state index in [1.165, 1.54) is 45.0 Å². The van der Waals surface area contributed by atoms with E-state index in [1.807, 2.05) is 0 Å². The summed E-state index contributed by atoms with van der Waals surface area (Å²) in [6.45, 7) is 7.93. The highest BCUT2D eigenvalue weighted by Crippen LogP contribution is 2.42. The van der Waals surface area contributed by atoms with Gasteiger partial charge in [-0.3, -0.25) is 19.2 Å². The maximum atomic E-state index is 14.5. The molecule has 0 bridgehead atoms. The molecule has 2 heterocycles. The highest BCUT2D eigenvalue weighted by atomic mass is 16.6. The Morgan fingerprint density at radius 2 is 1.53 bits per heavy atom. The molecule has 5 amide bonds. The van der Waals surface area contributed by atoms with Crippen LogP contribution in [-0.2, 0) is 30.3 Å². The number of aliphatic hydroxyl groups excluding tert-OH is 2. The molecule has 1 unspecified atom stereocenters. The van der Waals surface area contributed by atoms with E-state index in [-0.39, 0.29) is 32.4 Å². The maximum Gasteiger partial charge on any atom is 0.408 e. The number of aliphatic hydroxyl groups is 2. The average Bonchev–Trinajstić information content (AvgIpc) is 3.68. The van der Waals surface area contributed by atoms with E-state index in [1.54, 1.807) is 32.9 Å². The largest absolute Gasteiger partial charge is 0.493 e. The van der Waals surface area contributed by atoms with Gasteiger partial charge in [-0.25, -0.2) is 4.79 Å². The Balaban J connectivity index is 2.05. The van der Waals surface area contributed by atoms with Gasteiger partial charge in [0.05, 0.1) is 33.5 Å². The van der Waals surface area contributed by atoms with Gasteiger partial charge in [-0.15, -0.1) is 0 Å². The molecule has 6 atom stereocenters. The Morgan fingerprint density at radius 3 is 2.02 bits per heavy atom. The molecule has 16 heteroatoms. The van der Waals surface area contributed by atoms with E-state index < -0.39 is 71.2 Å². The van der Waals surface area contributed by atoms with Crippen molar-refractivity contribution in [2.24, 2.45) is 5.73 Å². The summed E-state index contributed by atoms with van der Waals surface area (Å²) in [5, 5.41) is 25.7. The van der Waals surface area contributed by atoms with Crippen LogP contribution in [0.1, 0.15) is 65.9 Å². The standard InChI is InChI=1S/C33H51N5O11/c1-18(39)24(27(34)41)35-30(44)33(17-20-15-22(46-6)26(48-8)23(16-20)47-7)12-10-14-38(33)28(42)21-11-9-13-37(21)29(43)25(19(2)40)36-31(45)49-32(3,4)5/h15-16,18-19,21,24-25,39-40H,9-14,17H2,1-8H3,(H2,34,41)(H,35,44)(H,36,45)/t18-,19-,21+,24+,25+,33?/m1/s1. The number of carbonyl (C=O) groups excluding carboxylic acids is 5. The minimum atomic E-state index is -1.60. The van der Waals surface area contributed by atoms with Crippen molar-refractivity contribution in [3.05, 3.63) is 17.7 Å². The third kappa shape index (κ3) is 8.84. The number of rotatable bonds is 13. The smallest absolute Gasteiger partial charge is 0.408 e. The van der Waals surface area contributed by atoms with E-state index in [9.17, 15) is 34.2 Å². The molecule has 2 aliphatic rings. The lowest BCUT2D eigenvalue weighted by molar-refractivity contribution is -0.153. The molecule has 1 aromatic carbocycles. The predicted octanol–water partition coefficient (Wildman–Crippen LogP) is 0.232. The van der Waals surface area contributed by atoms with Gasteiger partial charge in [0.25, 0.3) is 0 Å². The number of hydrogen-bond donors (Lipinski definition) is 5. The molecule has 49 heavy (non-hydrogen) atoms. The summed E-state index contributed by atoms with van der Waals surface area (Å²) in [5.41, 5.74) is 3.59. The highest BCUT2D eigenvalue weighted by molar-refractivity contribution is 5.98. The zero-order valence-corrected chi connectivity index (χ0v) is 29.5. The maximum absolute atomic E-state index is 14.5.